The first kappa shape index (κ1) is 73.9. The number of nitrogens with one attached hydrogen (secondary N) is 3. The van der Waals surface area contributed by atoms with Gasteiger partial charge in [0.1, 0.15) is 78.4 Å². The van der Waals surface area contributed by atoms with Crippen LogP contribution in [0.2, 0.25) is 0 Å². The second-order valence-corrected chi connectivity index (χ2v) is 32.3. The second kappa shape index (κ2) is 22.3. The standard InChI is InChI=1S/C62H111N3O21S/c1-37(68)65-53(14)47(8,55(16,72)48(9,29-66)86-62(53,23)82-40(69)27-25-24-26-39-41-38(28-87-39)63-42(70)64-41)33-81-35-51(12)59(20,76)56(17,73)45(6,43(2,3)83-51)31-79-34-50(11)46(7,57(18,74)58(19,75)49(10,30-67)85-50)32-80-36-52(13)60(21,77)61(22,78)54(15,71)44(4,5)84-52/h38-39,41,66-67,71-78H,24-36H2,1-23H3,(H,65,68)(H2,63,64,70)/t38-,39?,41-,45+,46?,47?,48?,49?,50-,51+,52-,53?,54+,55?,56?,57?,58+,59?,60?,61?,62?/m0/s1. The third-order valence-corrected chi connectivity index (χ3v) is 26.9. The van der Waals surface area contributed by atoms with Crippen LogP contribution in [0.1, 0.15) is 185 Å². The van der Waals surface area contributed by atoms with Crippen LogP contribution in [0.25, 0.3) is 0 Å². The maximum absolute atomic E-state index is 14.0. The molecule has 21 atom stereocenters. The van der Waals surface area contributed by atoms with E-state index in [1.54, 1.807) is 81.0 Å². The minimum Gasteiger partial charge on any atom is -0.431 e. The quantitative estimate of drug-likeness (QED) is 0.0446. The number of aliphatic hydroxyl groups is 10. The molecule has 6 saturated heterocycles. The molecule has 0 aliphatic carbocycles. The number of hydrogen-bond acceptors (Lipinski definition) is 22. The molecule has 24 nitrogen and oxygen atoms in total. The predicted octanol–water partition coefficient (Wildman–Crippen LogP) is 2.40. The van der Waals surface area contributed by atoms with Gasteiger partial charge in [-0.1, -0.05) is 27.2 Å². The largest absolute Gasteiger partial charge is 0.431 e. The van der Waals surface area contributed by atoms with E-state index in [4.69, 9.17) is 37.9 Å². The predicted molar refractivity (Wildman–Crippen MR) is 321 cm³/mol. The van der Waals surface area contributed by atoms with Crippen LogP contribution in [0.3, 0.4) is 0 Å². The van der Waals surface area contributed by atoms with Gasteiger partial charge in [-0.25, -0.2) is 4.79 Å². The fraction of sp³-hybridized carbons (Fsp3) is 0.952. The number of hydrogen-bond donors (Lipinski definition) is 13. The zero-order valence-electron chi connectivity index (χ0n) is 56.3. The van der Waals surface area contributed by atoms with Gasteiger partial charge in [-0.15, -0.1) is 0 Å². The van der Waals surface area contributed by atoms with Gasteiger partial charge in [-0.3, -0.25) is 9.59 Å². The Bertz CT molecular complexity index is 2600. The molecule has 87 heavy (non-hydrogen) atoms. The molecule has 6 heterocycles. The van der Waals surface area contributed by atoms with Crippen molar-refractivity contribution in [3.63, 3.8) is 0 Å². The number of aliphatic hydroxyl groups excluding tert-OH is 2. The van der Waals surface area contributed by atoms with Crippen LogP contribution in [0, 0.1) is 16.2 Å². The normalized spacial score (nSPS) is 52.0. The minimum atomic E-state index is -2.21. The van der Waals surface area contributed by atoms with E-state index in [1.807, 2.05) is 0 Å². The average Bonchev–Trinajstić information content (AvgIpc) is 0.983. The van der Waals surface area contributed by atoms with Crippen molar-refractivity contribution in [3.05, 3.63) is 0 Å². The Labute approximate surface area is 519 Å². The summed E-state index contributed by atoms with van der Waals surface area (Å²) in [5, 5.41) is 130. The summed E-state index contributed by atoms with van der Waals surface area (Å²) in [6.07, 6.45) is 1.79. The minimum absolute atomic E-state index is 0.0000401. The molecule has 0 saturated carbocycles. The maximum Gasteiger partial charge on any atom is 0.315 e. The third-order valence-electron chi connectivity index (χ3n) is 25.3. The van der Waals surface area contributed by atoms with Crippen LogP contribution >= 0.6 is 11.8 Å². The summed E-state index contributed by atoms with van der Waals surface area (Å²) in [5.74, 6) is -2.51. The fourth-order valence-electron chi connectivity index (χ4n) is 15.6. The average molecular weight is 1270 g/mol. The van der Waals surface area contributed by atoms with Crippen molar-refractivity contribution < 1.29 is 103 Å². The molecule has 0 aromatic heterocycles. The Hall–Kier alpha value is -2.12. The van der Waals surface area contributed by atoms with Crippen molar-refractivity contribution in [2.45, 2.75) is 298 Å². The summed E-state index contributed by atoms with van der Waals surface area (Å²) < 4.78 is 52.6. The number of thioether (sulfide) groups is 1. The number of rotatable bonds is 21. The van der Waals surface area contributed by atoms with E-state index in [1.165, 1.54) is 90.0 Å². The topological polar surface area (TPSA) is 363 Å². The van der Waals surface area contributed by atoms with Crippen LogP contribution in [-0.2, 0) is 47.5 Å². The Morgan fingerprint density at radius 1 is 0.506 bits per heavy atom. The molecule has 13 unspecified atom stereocenters. The van der Waals surface area contributed by atoms with Gasteiger partial charge >= 0.3 is 12.0 Å². The van der Waals surface area contributed by atoms with E-state index in [0.29, 0.717) is 12.8 Å². The van der Waals surface area contributed by atoms with Gasteiger partial charge < -0.3 is 105 Å². The highest BCUT2D eigenvalue weighted by atomic mass is 32.2. The molecule has 0 radical (unpaired) electrons. The SMILES string of the molecule is CC(=O)NC1(C)C(C)(OC(=O)CCCCC2SC[C@@H]3NC(=O)N[C@H]23)OC(C)(CO)C(C)(O)C1(C)COC[C@@]1(C)OC(C)(C)[C@@](C)(COC[C@]2(C)OC(C)(CO)[C@@](C)(O)C(C)(O)C2(C)COC[C@]2(C)OC(C)(C)[C@@](C)(O)C(C)(O)C2(C)O)C(C)(O)C1(C)O. The van der Waals surface area contributed by atoms with Crippen LogP contribution < -0.4 is 16.0 Å². The number of ether oxygens (including phenoxy) is 8. The molecule has 6 fully saturated rings. The summed E-state index contributed by atoms with van der Waals surface area (Å²) in [5.41, 5.74) is -35.4. The summed E-state index contributed by atoms with van der Waals surface area (Å²) in [4.78, 5) is 39.2. The summed E-state index contributed by atoms with van der Waals surface area (Å²) in [6.45, 7) is 30.3. The van der Waals surface area contributed by atoms with Crippen molar-refractivity contribution in [3.8, 4) is 0 Å². The van der Waals surface area contributed by atoms with Gasteiger partial charge in [-0.2, -0.15) is 11.8 Å². The van der Waals surface area contributed by atoms with Crippen LogP contribution in [0.5, 0.6) is 0 Å². The summed E-state index contributed by atoms with van der Waals surface area (Å²) in [6, 6.07) is -0.135. The first-order valence-corrected chi connectivity index (χ1v) is 31.6. The molecule has 25 heteroatoms. The second-order valence-electron chi connectivity index (χ2n) is 31.0. The lowest BCUT2D eigenvalue weighted by Crippen LogP contribution is -2.86. The number of fused-ring (bicyclic) bond motifs is 1. The first-order chi connectivity index (χ1) is 38.8. The highest BCUT2D eigenvalue weighted by molar-refractivity contribution is 8.00. The molecule has 6 aliphatic rings. The van der Waals surface area contributed by atoms with Crippen LogP contribution in [0.4, 0.5) is 4.79 Å². The smallest absolute Gasteiger partial charge is 0.315 e. The summed E-state index contributed by atoms with van der Waals surface area (Å²) in [7, 11) is 0. The molecule has 6 aliphatic heterocycles. The highest BCUT2D eigenvalue weighted by Gasteiger charge is 2.79. The van der Waals surface area contributed by atoms with Crippen molar-refractivity contribution in [1.82, 2.24) is 16.0 Å². The van der Waals surface area contributed by atoms with Gasteiger partial charge in [0.15, 0.2) is 0 Å². The van der Waals surface area contributed by atoms with Crippen molar-refractivity contribution in [1.29, 1.82) is 0 Å². The molecule has 0 aromatic carbocycles. The molecule has 6 rings (SSSR count). The molecule has 13 N–H and O–H groups in total. The third kappa shape index (κ3) is 10.3. The lowest BCUT2D eigenvalue weighted by molar-refractivity contribution is -0.417. The number of urea groups is 1. The number of esters is 1. The number of unbranched alkanes of at least 4 members (excludes halogenated alkanes) is 1. The van der Waals surface area contributed by atoms with Gasteiger partial charge in [0.05, 0.1) is 92.4 Å². The number of amides is 3. The number of carbonyl (C=O) groups excluding carboxylic acids is 3. The molecule has 0 bridgehead atoms. The van der Waals surface area contributed by atoms with E-state index >= 15 is 0 Å². The molecule has 3 amide bonds. The van der Waals surface area contributed by atoms with Gasteiger partial charge in [0.25, 0.3) is 0 Å². The van der Waals surface area contributed by atoms with E-state index in [-0.39, 0.29) is 36.4 Å². The molecule has 506 valence electrons. The van der Waals surface area contributed by atoms with Crippen LogP contribution in [0.15, 0.2) is 0 Å². The van der Waals surface area contributed by atoms with Crippen LogP contribution in [-0.4, -0.2) is 240 Å². The Morgan fingerprint density at radius 2 is 0.943 bits per heavy atom. The lowest BCUT2D eigenvalue weighted by Gasteiger charge is -2.69. The van der Waals surface area contributed by atoms with Gasteiger partial charge in [-0.05, 0) is 137 Å². The molecule has 0 spiro atoms. The first-order valence-electron chi connectivity index (χ1n) is 30.6. The zero-order valence-corrected chi connectivity index (χ0v) is 57.1. The van der Waals surface area contributed by atoms with Crippen molar-refractivity contribution in [2.75, 3.05) is 58.6 Å². The van der Waals surface area contributed by atoms with E-state index < -0.39 is 170 Å². The van der Waals surface area contributed by atoms with E-state index in [2.05, 4.69) is 16.0 Å². The Morgan fingerprint density at radius 3 is 1.45 bits per heavy atom. The fourth-order valence-corrected chi connectivity index (χ4v) is 17.2. The summed E-state index contributed by atoms with van der Waals surface area (Å²) >= 11 is 1.76. The molecule has 0 aromatic rings. The van der Waals surface area contributed by atoms with E-state index in [0.717, 1.165) is 12.2 Å². The molecular weight excluding hydrogens is 1150 g/mol. The number of carbonyl (C=O) groups is 3. The Kier molecular flexibility index (Phi) is 18.9. The van der Waals surface area contributed by atoms with E-state index in [9.17, 15) is 65.4 Å². The molecular formula is C62H111N3O21S. The zero-order chi connectivity index (χ0) is 67.1. The Balaban J connectivity index is 1.24. The van der Waals surface area contributed by atoms with Crippen molar-refractivity contribution >= 4 is 29.7 Å². The highest BCUT2D eigenvalue weighted by Crippen LogP contribution is 2.63. The lowest BCUT2D eigenvalue weighted by atomic mass is 9.52. The monoisotopic (exact) mass is 1270 g/mol. The van der Waals surface area contributed by atoms with Gasteiger partial charge in [0, 0.05) is 31.3 Å². The van der Waals surface area contributed by atoms with Crippen molar-refractivity contribution in [2.24, 2.45) is 16.2 Å². The van der Waals surface area contributed by atoms with Gasteiger partial charge in [0.2, 0.25) is 11.7 Å². The maximum atomic E-state index is 14.0.